The highest BCUT2D eigenvalue weighted by atomic mass is 16.5. The van der Waals surface area contributed by atoms with Crippen molar-refractivity contribution >= 4 is 0 Å². The molecule has 7 heteroatoms. The van der Waals surface area contributed by atoms with E-state index in [2.05, 4.69) is 48.6 Å². The van der Waals surface area contributed by atoms with Crippen LogP contribution in [0.1, 0.15) is 45.4 Å². The molecule has 7 nitrogen and oxygen atoms in total. The third kappa shape index (κ3) is 6.74. The molecule has 0 heterocycles. The zero-order valence-corrected chi connectivity index (χ0v) is 24.5. The predicted molar refractivity (Wildman–Crippen MR) is 166 cm³/mol. The largest absolute Gasteiger partial charge is 0.488 e. The Morgan fingerprint density at radius 1 is 0.814 bits per heavy atom. The first-order chi connectivity index (χ1) is 21.0. The van der Waals surface area contributed by atoms with Gasteiger partial charge in [0.25, 0.3) is 0 Å². The van der Waals surface area contributed by atoms with Crippen molar-refractivity contribution in [3.05, 3.63) is 118 Å². The van der Waals surface area contributed by atoms with Crippen LogP contribution in [0.3, 0.4) is 0 Å². The summed E-state index contributed by atoms with van der Waals surface area (Å²) in [5, 5.41) is 42.2. The number of aliphatic hydroxyl groups excluding tert-OH is 3. The van der Waals surface area contributed by atoms with E-state index < -0.39 is 25.4 Å². The number of benzene rings is 4. The first-order valence-electron chi connectivity index (χ1n) is 14.6. The Morgan fingerprint density at radius 2 is 1.53 bits per heavy atom. The summed E-state index contributed by atoms with van der Waals surface area (Å²) < 4.78 is 12.9. The maximum absolute atomic E-state index is 9.90. The first-order valence-corrected chi connectivity index (χ1v) is 14.6. The minimum absolute atomic E-state index is 0.254. The molecule has 0 saturated carbocycles. The molecule has 0 radical (unpaired) electrons. The Hall–Kier alpha value is -4.19. The zero-order chi connectivity index (χ0) is 30.2. The van der Waals surface area contributed by atoms with Crippen LogP contribution >= 0.6 is 0 Å². The number of fused-ring (bicyclic) bond motifs is 1. The SMILES string of the molecule is Cc1c(COc2cc(OCc3cccc(C#N)c3)c(CNC(CO)(CO)CO)c3c2CCC3)cccc1-c1ccccc1. The van der Waals surface area contributed by atoms with E-state index >= 15 is 0 Å². The fraction of sp³-hybridized carbons (Fsp3) is 0.306. The summed E-state index contributed by atoms with van der Waals surface area (Å²) in [6.07, 6.45) is 2.69. The van der Waals surface area contributed by atoms with Gasteiger partial charge in [0.1, 0.15) is 24.7 Å². The van der Waals surface area contributed by atoms with Gasteiger partial charge in [-0.25, -0.2) is 0 Å². The Balaban J connectivity index is 1.46. The fourth-order valence-electron chi connectivity index (χ4n) is 5.65. The summed E-state index contributed by atoms with van der Waals surface area (Å²) in [4.78, 5) is 0. The van der Waals surface area contributed by atoms with Crippen molar-refractivity contribution in [1.82, 2.24) is 5.32 Å². The number of ether oxygens (including phenoxy) is 2. The molecular formula is C36H38N2O5. The average Bonchev–Trinajstić information content (AvgIpc) is 3.55. The molecule has 0 amide bonds. The van der Waals surface area contributed by atoms with Crippen LogP contribution < -0.4 is 14.8 Å². The third-order valence-corrected chi connectivity index (χ3v) is 8.35. The normalized spacial score (nSPS) is 12.5. The molecule has 43 heavy (non-hydrogen) atoms. The molecule has 5 rings (SSSR count). The van der Waals surface area contributed by atoms with Crippen molar-refractivity contribution in [3.8, 4) is 28.7 Å². The van der Waals surface area contributed by atoms with Crippen LogP contribution in [0.2, 0.25) is 0 Å². The fourth-order valence-corrected chi connectivity index (χ4v) is 5.65. The van der Waals surface area contributed by atoms with Gasteiger partial charge in [0.05, 0.1) is 37.0 Å². The highest BCUT2D eigenvalue weighted by molar-refractivity contribution is 5.68. The topological polar surface area (TPSA) is 115 Å². The summed E-state index contributed by atoms with van der Waals surface area (Å²) >= 11 is 0. The Kier molecular flexibility index (Phi) is 9.75. The monoisotopic (exact) mass is 578 g/mol. The summed E-state index contributed by atoms with van der Waals surface area (Å²) in [7, 11) is 0. The van der Waals surface area contributed by atoms with Crippen LogP contribution in [-0.2, 0) is 32.6 Å². The molecule has 1 aliphatic carbocycles. The highest BCUT2D eigenvalue weighted by Gasteiger charge is 2.30. The Bertz CT molecular complexity index is 1580. The van der Waals surface area contributed by atoms with E-state index in [0.29, 0.717) is 17.9 Å². The molecule has 0 saturated heterocycles. The lowest BCUT2D eigenvalue weighted by Gasteiger charge is -2.30. The lowest BCUT2D eigenvalue weighted by Crippen LogP contribution is -2.54. The van der Waals surface area contributed by atoms with Gasteiger partial charge in [0, 0.05) is 18.2 Å². The van der Waals surface area contributed by atoms with Crippen molar-refractivity contribution in [3.63, 3.8) is 0 Å². The maximum atomic E-state index is 9.90. The molecular weight excluding hydrogens is 540 g/mol. The van der Waals surface area contributed by atoms with Crippen LogP contribution in [-0.4, -0.2) is 40.7 Å². The smallest absolute Gasteiger partial charge is 0.128 e. The van der Waals surface area contributed by atoms with Gasteiger partial charge in [-0.15, -0.1) is 0 Å². The van der Waals surface area contributed by atoms with Crippen LogP contribution in [0.5, 0.6) is 11.5 Å². The molecule has 222 valence electrons. The van der Waals surface area contributed by atoms with Crippen LogP contribution in [0.15, 0.2) is 78.9 Å². The minimum atomic E-state index is -1.22. The van der Waals surface area contributed by atoms with Gasteiger partial charge < -0.3 is 30.1 Å². The molecule has 1 aliphatic rings. The molecule has 0 bridgehead atoms. The highest BCUT2D eigenvalue weighted by Crippen LogP contribution is 2.40. The summed E-state index contributed by atoms with van der Waals surface area (Å²) in [5.41, 5.74) is 8.01. The van der Waals surface area contributed by atoms with Crippen molar-refractivity contribution < 1.29 is 24.8 Å². The van der Waals surface area contributed by atoms with Crippen molar-refractivity contribution in [2.75, 3.05) is 19.8 Å². The molecule has 0 aromatic heterocycles. The van der Waals surface area contributed by atoms with E-state index in [1.54, 1.807) is 12.1 Å². The number of rotatable bonds is 13. The molecule has 4 aromatic rings. The second-order valence-corrected chi connectivity index (χ2v) is 11.1. The number of nitrogens with zero attached hydrogens (tertiary/aromatic N) is 1. The molecule has 0 atom stereocenters. The maximum Gasteiger partial charge on any atom is 0.128 e. The molecule has 0 unspecified atom stereocenters. The van der Waals surface area contributed by atoms with Gasteiger partial charge in [0.2, 0.25) is 0 Å². The second-order valence-electron chi connectivity index (χ2n) is 11.1. The molecule has 0 aliphatic heterocycles. The van der Waals surface area contributed by atoms with Crippen molar-refractivity contribution in [1.29, 1.82) is 5.26 Å². The molecule has 0 spiro atoms. The molecule has 0 fully saturated rings. The lowest BCUT2D eigenvalue weighted by molar-refractivity contribution is 0.0411. The number of hydrogen-bond donors (Lipinski definition) is 4. The van der Waals surface area contributed by atoms with E-state index in [1.807, 2.05) is 36.4 Å². The van der Waals surface area contributed by atoms with Crippen molar-refractivity contribution in [2.24, 2.45) is 0 Å². The summed E-state index contributed by atoms with van der Waals surface area (Å²) in [6.45, 7) is 1.83. The first kappa shape index (κ1) is 30.3. The van der Waals surface area contributed by atoms with E-state index in [-0.39, 0.29) is 13.2 Å². The number of hydrogen-bond acceptors (Lipinski definition) is 7. The van der Waals surface area contributed by atoms with Crippen LogP contribution in [0, 0.1) is 18.3 Å². The van der Waals surface area contributed by atoms with Crippen LogP contribution in [0.4, 0.5) is 0 Å². The van der Waals surface area contributed by atoms with Gasteiger partial charge in [-0.3, -0.25) is 0 Å². The van der Waals surface area contributed by atoms with Gasteiger partial charge in [0.15, 0.2) is 0 Å². The summed E-state index contributed by atoms with van der Waals surface area (Å²) in [6, 6.07) is 28.0. The Morgan fingerprint density at radius 3 is 2.28 bits per heavy atom. The van der Waals surface area contributed by atoms with Crippen LogP contribution in [0.25, 0.3) is 11.1 Å². The van der Waals surface area contributed by atoms with Crippen molar-refractivity contribution in [2.45, 2.75) is 51.5 Å². The van der Waals surface area contributed by atoms with Gasteiger partial charge >= 0.3 is 0 Å². The van der Waals surface area contributed by atoms with E-state index in [4.69, 9.17) is 9.47 Å². The molecule has 4 N–H and O–H groups in total. The van der Waals surface area contributed by atoms with E-state index in [1.165, 1.54) is 16.7 Å². The van der Waals surface area contributed by atoms with E-state index in [0.717, 1.165) is 52.8 Å². The quantitative estimate of drug-likeness (QED) is 0.177. The average molecular weight is 579 g/mol. The number of aliphatic hydroxyl groups is 3. The van der Waals surface area contributed by atoms with Gasteiger partial charge in [-0.05, 0) is 77.3 Å². The summed E-state index contributed by atoms with van der Waals surface area (Å²) in [5.74, 6) is 1.40. The standard InChI is InChI=1S/C36H38N2O5/c1-25-29(12-6-13-30(25)28-10-3-2-4-11-28)21-43-34-17-35(42-20-27-9-5-8-26(16-27)18-37)33(31-14-7-15-32(31)34)19-38-36(22-39,23-40)24-41/h2-6,8-13,16-17,38-41H,7,14-15,19-24H2,1H3. The van der Waals surface area contributed by atoms with Gasteiger partial charge in [-0.1, -0.05) is 60.7 Å². The number of nitrogens with one attached hydrogen (secondary N) is 1. The Labute approximate surface area is 253 Å². The third-order valence-electron chi connectivity index (χ3n) is 8.35. The predicted octanol–water partition coefficient (Wildman–Crippen LogP) is 4.99. The lowest BCUT2D eigenvalue weighted by atomic mass is 9.96. The molecule has 4 aromatic carbocycles. The minimum Gasteiger partial charge on any atom is -0.488 e. The second kappa shape index (κ2) is 13.9. The number of nitriles is 1. The van der Waals surface area contributed by atoms with E-state index in [9.17, 15) is 20.6 Å². The van der Waals surface area contributed by atoms with Gasteiger partial charge in [-0.2, -0.15) is 5.26 Å². The zero-order valence-electron chi connectivity index (χ0n) is 24.5.